The Morgan fingerprint density at radius 1 is 1.27 bits per heavy atom. The van der Waals surface area contributed by atoms with Gasteiger partial charge < -0.3 is 10.1 Å². The SMILES string of the molecule is CS(=O)(=O)CCNCCOCCC1CC1. The molecule has 4 nitrogen and oxygen atoms in total. The highest BCUT2D eigenvalue weighted by atomic mass is 32.2. The molecule has 0 aromatic heterocycles. The number of nitrogens with one attached hydrogen (secondary N) is 1. The van der Waals surface area contributed by atoms with Crippen molar-refractivity contribution in [3.8, 4) is 0 Å². The lowest BCUT2D eigenvalue weighted by Gasteiger charge is -2.05. The van der Waals surface area contributed by atoms with Crippen LogP contribution in [0.5, 0.6) is 0 Å². The van der Waals surface area contributed by atoms with Crippen LogP contribution in [0.1, 0.15) is 19.3 Å². The summed E-state index contributed by atoms with van der Waals surface area (Å²) in [5.41, 5.74) is 0. The van der Waals surface area contributed by atoms with Crippen LogP contribution in [0.2, 0.25) is 0 Å². The summed E-state index contributed by atoms with van der Waals surface area (Å²) in [7, 11) is -2.83. The third kappa shape index (κ3) is 8.84. The van der Waals surface area contributed by atoms with E-state index in [2.05, 4.69) is 5.32 Å². The van der Waals surface area contributed by atoms with Gasteiger partial charge in [-0.15, -0.1) is 0 Å². The summed E-state index contributed by atoms with van der Waals surface area (Å²) in [4.78, 5) is 0. The molecular formula is C10H21NO3S. The Hall–Kier alpha value is -0.130. The Bertz CT molecular complexity index is 260. The molecule has 5 heteroatoms. The van der Waals surface area contributed by atoms with E-state index in [-0.39, 0.29) is 5.75 Å². The monoisotopic (exact) mass is 235 g/mol. The van der Waals surface area contributed by atoms with Crippen molar-refractivity contribution < 1.29 is 13.2 Å². The van der Waals surface area contributed by atoms with Crippen molar-refractivity contribution in [2.45, 2.75) is 19.3 Å². The van der Waals surface area contributed by atoms with E-state index in [1.807, 2.05) is 0 Å². The fraction of sp³-hybridized carbons (Fsp3) is 1.00. The molecule has 1 fully saturated rings. The summed E-state index contributed by atoms with van der Waals surface area (Å²) in [6.45, 7) is 2.78. The van der Waals surface area contributed by atoms with Crippen LogP contribution >= 0.6 is 0 Å². The Labute approximate surface area is 92.3 Å². The number of rotatable bonds is 9. The topological polar surface area (TPSA) is 55.4 Å². The Morgan fingerprint density at radius 2 is 2.00 bits per heavy atom. The fourth-order valence-corrected chi connectivity index (χ4v) is 1.80. The van der Waals surface area contributed by atoms with Gasteiger partial charge >= 0.3 is 0 Å². The molecule has 15 heavy (non-hydrogen) atoms. The zero-order valence-corrected chi connectivity index (χ0v) is 10.2. The van der Waals surface area contributed by atoms with Crippen LogP contribution < -0.4 is 5.32 Å². The highest BCUT2D eigenvalue weighted by Crippen LogP contribution is 2.31. The van der Waals surface area contributed by atoms with Crippen molar-refractivity contribution in [3.63, 3.8) is 0 Å². The normalized spacial score (nSPS) is 16.9. The second kappa shape index (κ2) is 6.45. The number of hydrogen-bond donors (Lipinski definition) is 1. The second-order valence-electron chi connectivity index (χ2n) is 4.22. The highest BCUT2D eigenvalue weighted by molar-refractivity contribution is 7.90. The van der Waals surface area contributed by atoms with E-state index in [4.69, 9.17) is 4.74 Å². The summed E-state index contributed by atoms with van der Waals surface area (Å²) in [6.07, 6.45) is 5.18. The minimum atomic E-state index is -2.83. The molecule has 0 saturated heterocycles. The number of ether oxygens (including phenoxy) is 1. The molecule has 1 aliphatic carbocycles. The molecule has 1 saturated carbocycles. The van der Waals surface area contributed by atoms with Gasteiger partial charge in [-0.05, 0) is 12.3 Å². The summed E-state index contributed by atoms with van der Waals surface area (Å²) >= 11 is 0. The Kier molecular flexibility index (Phi) is 5.56. The van der Waals surface area contributed by atoms with E-state index in [0.29, 0.717) is 13.2 Å². The minimum Gasteiger partial charge on any atom is -0.380 e. The molecule has 0 aromatic carbocycles. The van der Waals surface area contributed by atoms with Gasteiger partial charge in [-0.3, -0.25) is 0 Å². The first-order chi connectivity index (χ1) is 7.08. The fourth-order valence-electron chi connectivity index (χ4n) is 1.29. The average Bonchev–Trinajstić information content (AvgIpc) is 2.91. The van der Waals surface area contributed by atoms with Crippen molar-refractivity contribution >= 4 is 9.84 Å². The zero-order valence-electron chi connectivity index (χ0n) is 9.37. The van der Waals surface area contributed by atoms with Gasteiger partial charge in [0.15, 0.2) is 0 Å². The Morgan fingerprint density at radius 3 is 2.60 bits per heavy atom. The molecule has 0 spiro atoms. The van der Waals surface area contributed by atoms with E-state index < -0.39 is 9.84 Å². The average molecular weight is 235 g/mol. The van der Waals surface area contributed by atoms with Crippen LogP contribution in [0.25, 0.3) is 0 Å². The minimum absolute atomic E-state index is 0.203. The maximum atomic E-state index is 10.8. The summed E-state index contributed by atoms with van der Waals surface area (Å²) < 4.78 is 27.0. The molecule has 0 heterocycles. The summed E-state index contributed by atoms with van der Waals surface area (Å²) in [6, 6.07) is 0. The maximum absolute atomic E-state index is 10.8. The lowest BCUT2D eigenvalue weighted by atomic mass is 10.3. The van der Waals surface area contributed by atoms with E-state index in [0.717, 1.165) is 19.1 Å². The van der Waals surface area contributed by atoms with Crippen LogP contribution in [0.4, 0.5) is 0 Å². The van der Waals surface area contributed by atoms with Gasteiger partial charge in [-0.2, -0.15) is 0 Å². The molecule has 1 aliphatic rings. The first kappa shape index (κ1) is 12.9. The molecular weight excluding hydrogens is 214 g/mol. The molecule has 0 amide bonds. The maximum Gasteiger partial charge on any atom is 0.148 e. The first-order valence-corrected chi connectivity index (χ1v) is 7.60. The van der Waals surface area contributed by atoms with E-state index in [9.17, 15) is 8.42 Å². The Balaban J connectivity index is 1.76. The predicted molar refractivity (Wildman–Crippen MR) is 60.7 cm³/mol. The van der Waals surface area contributed by atoms with Crippen molar-refractivity contribution in [1.82, 2.24) is 5.32 Å². The standard InChI is InChI=1S/C10H21NO3S/c1-15(12,13)9-6-11-5-8-14-7-4-10-2-3-10/h10-11H,2-9H2,1H3. The molecule has 0 aromatic rings. The smallest absolute Gasteiger partial charge is 0.148 e. The summed E-state index contributed by atoms with van der Waals surface area (Å²) in [5.74, 6) is 1.12. The lowest BCUT2D eigenvalue weighted by Crippen LogP contribution is -2.26. The largest absolute Gasteiger partial charge is 0.380 e. The van der Waals surface area contributed by atoms with Gasteiger partial charge in [-0.25, -0.2) is 8.42 Å². The zero-order chi connectivity index (χ0) is 11.1. The van der Waals surface area contributed by atoms with Gasteiger partial charge in [0.25, 0.3) is 0 Å². The van der Waals surface area contributed by atoms with Gasteiger partial charge in [0.2, 0.25) is 0 Å². The molecule has 0 unspecified atom stereocenters. The quantitative estimate of drug-likeness (QED) is 0.589. The van der Waals surface area contributed by atoms with Gasteiger partial charge in [0.1, 0.15) is 9.84 Å². The van der Waals surface area contributed by atoms with Crippen molar-refractivity contribution in [3.05, 3.63) is 0 Å². The number of hydrogen-bond acceptors (Lipinski definition) is 4. The third-order valence-electron chi connectivity index (χ3n) is 2.44. The van der Waals surface area contributed by atoms with Crippen molar-refractivity contribution in [2.24, 2.45) is 5.92 Å². The molecule has 0 bridgehead atoms. The molecule has 90 valence electrons. The highest BCUT2D eigenvalue weighted by Gasteiger charge is 2.20. The lowest BCUT2D eigenvalue weighted by molar-refractivity contribution is 0.130. The van der Waals surface area contributed by atoms with E-state index in [1.165, 1.54) is 25.5 Å². The molecule has 1 N–H and O–H groups in total. The third-order valence-corrected chi connectivity index (χ3v) is 3.39. The van der Waals surface area contributed by atoms with Crippen LogP contribution in [0, 0.1) is 5.92 Å². The van der Waals surface area contributed by atoms with Gasteiger partial charge in [0, 0.05) is 26.0 Å². The molecule has 0 radical (unpaired) electrons. The van der Waals surface area contributed by atoms with Crippen LogP contribution in [0.3, 0.4) is 0 Å². The molecule has 1 rings (SSSR count). The van der Waals surface area contributed by atoms with Crippen LogP contribution in [0.15, 0.2) is 0 Å². The van der Waals surface area contributed by atoms with E-state index >= 15 is 0 Å². The second-order valence-corrected chi connectivity index (χ2v) is 6.48. The predicted octanol–water partition coefficient (Wildman–Crippen LogP) is 0.437. The molecule has 0 aliphatic heterocycles. The van der Waals surface area contributed by atoms with Crippen LogP contribution in [-0.4, -0.2) is 46.7 Å². The van der Waals surface area contributed by atoms with Crippen molar-refractivity contribution in [2.75, 3.05) is 38.3 Å². The van der Waals surface area contributed by atoms with Gasteiger partial charge in [0.05, 0.1) is 12.4 Å². The van der Waals surface area contributed by atoms with Crippen LogP contribution in [-0.2, 0) is 14.6 Å². The summed E-state index contributed by atoms with van der Waals surface area (Å²) in [5, 5.41) is 3.04. The van der Waals surface area contributed by atoms with Gasteiger partial charge in [-0.1, -0.05) is 12.8 Å². The number of sulfone groups is 1. The van der Waals surface area contributed by atoms with E-state index in [1.54, 1.807) is 0 Å². The first-order valence-electron chi connectivity index (χ1n) is 5.54. The van der Waals surface area contributed by atoms with Crippen molar-refractivity contribution in [1.29, 1.82) is 0 Å². The molecule has 0 atom stereocenters.